The summed E-state index contributed by atoms with van der Waals surface area (Å²) in [5, 5.41) is 0. The summed E-state index contributed by atoms with van der Waals surface area (Å²) in [6, 6.07) is 3.88. The Kier molecular flexibility index (Phi) is 4.10. The fourth-order valence-corrected chi connectivity index (χ4v) is 2.34. The Balaban J connectivity index is 3.43. The maximum atomic E-state index is 6.12. The molecule has 0 saturated carbocycles. The van der Waals surface area contributed by atoms with Crippen molar-refractivity contribution in [2.24, 2.45) is 5.73 Å². The Morgan fingerprint density at radius 2 is 1.81 bits per heavy atom. The first-order chi connectivity index (χ1) is 7.45. The fourth-order valence-electron chi connectivity index (χ4n) is 1.61. The Morgan fingerprint density at radius 1 is 1.19 bits per heavy atom. The minimum Gasteiger partial charge on any atom is -0.495 e. The van der Waals surface area contributed by atoms with Crippen LogP contribution in [0.4, 0.5) is 0 Å². The van der Waals surface area contributed by atoms with Crippen LogP contribution in [-0.2, 0) is 5.54 Å². The number of rotatable bonds is 4. The monoisotopic (exact) mass is 241 g/mol. The predicted molar refractivity (Wildman–Crippen MR) is 68.5 cm³/mol. The Labute approximate surface area is 101 Å². The van der Waals surface area contributed by atoms with E-state index in [1.807, 2.05) is 32.2 Å². The van der Waals surface area contributed by atoms with Crippen LogP contribution < -0.4 is 15.2 Å². The molecule has 16 heavy (non-hydrogen) atoms. The summed E-state index contributed by atoms with van der Waals surface area (Å²) in [6.07, 6.45) is 1.99. The second kappa shape index (κ2) is 4.97. The van der Waals surface area contributed by atoms with Crippen LogP contribution in [0.1, 0.15) is 19.4 Å². The van der Waals surface area contributed by atoms with E-state index >= 15 is 0 Å². The highest BCUT2D eigenvalue weighted by Crippen LogP contribution is 2.41. The van der Waals surface area contributed by atoms with Gasteiger partial charge in [0.2, 0.25) is 0 Å². The third-order valence-corrected chi connectivity index (χ3v) is 3.19. The topological polar surface area (TPSA) is 44.5 Å². The lowest BCUT2D eigenvalue weighted by Gasteiger charge is -2.24. The van der Waals surface area contributed by atoms with Crippen LogP contribution in [0.5, 0.6) is 11.5 Å². The van der Waals surface area contributed by atoms with E-state index in [-0.39, 0.29) is 0 Å². The summed E-state index contributed by atoms with van der Waals surface area (Å²) in [6.45, 7) is 3.92. The lowest BCUT2D eigenvalue weighted by atomic mass is 9.94. The van der Waals surface area contributed by atoms with Crippen LogP contribution in [0.2, 0.25) is 0 Å². The Hall–Kier alpha value is -0.870. The van der Waals surface area contributed by atoms with Crippen LogP contribution in [0, 0.1) is 0 Å². The lowest BCUT2D eigenvalue weighted by Crippen LogP contribution is -2.29. The molecule has 0 amide bonds. The summed E-state index contributed by atoms with van der Waals surface area (Å²) in [4.78, 5) is 0.987. The van der Waals surface area contributed by atoms with Crippen molar-refractivity contribution in [1.82, 2.24) is 0 Å². The number of ether oxygens (including phenoxy) is 2. The molecule has 1 aromatic carbocycles. The fraction of sp³-hybridized carbons (Fsp3) is 0.500. The van der Waals surface area contributed by atoms with Crippen molar-refractivity contribution in [3.63, 3.8) is 0 Å². The number of nitrogens with two attached hydrogens (primary N) is 1. The molecule has 3 nitrogen and oxygen atoms in total. The number of hydrogen-bond donors (Lipinski definition) is 1. The molecule has 0 aliphatic heterocycles. The summed E-state index contributed by atoms with van der Waals surface area (Å²) in [7, 11) is 3.31. The van der Waals surface area contributed by atoms with Crippen LogP contribution in [0.15, 0.2) is 17.0 Å². The first kappa shape index (κ1) is 13.2. The SMILES string of the molecule is COc1ccc(C(C)(C)N)c(OC)c1SC. The third kappa shape index (κ3) is 2.44. The third-order valence-electron chi connectivity index (χ3n) is 2.40. The van der Waals surface area contributed by atoms with Gasteiger partial charge in [0, 0.05) is 11.1 Å². The first-order valence-electron chi connectivity index (χ1n) is 5.04. The van der Waals surface area contributed by atoms with Crippen LogP contribution >= 0.6 is 11.8 Å². The molecule has 0 bridgehead atoms. The summed E-state index contributed by atoms with van der Waals surface area (Å²) >= 11 is 1.60. The molecule has 0 aromatic heterocycles. The summed E-state index contributed by atoms with van der Waals surface area (Å²) < 4.78 is 10.8. The van der Waals surface area contributed by atoms with Gasteiger partial charge in [-0.25, -0.2) is 0 Å². The molecule has 0 aliphatic carbocycles. The van der Waals surface area contributed by atoms with E-state index in [1.54, 1.807) is 26.0 Å². The zero-order valence-electron chi connectivity index (χ0n) is 10.5. The van der Waals surface area contributed by atoms with Gasteiger partial charge < -0.3 is 15.2 Å². The molecule has 2 N–H and O–H groups in total. The van der Waals surface area contributed by atoms with E-state index < -0.39 is 5.54 Å². The van der Waals surface area contributed by atoms with Gasteiger partial charge in [-0.15, -0.1) is 11.8 Å². The molecule has 0 spiro atoms. The second-order valence-corrected chi connectivity index (χ2v) is 4.92. The van der Waals surface area contributed by atoms with Gasteiger partial charge in [0.1, 0.15) is 11.5 Å². The van der Waals surface area contributed by atoms with Crippen molar-refractivity contribution >= 4 is 11.8 Å². The average molecular weight is 241 g/mol. The molecule has 0 radical (unpaired) electrons. The van der Waals surface area contributed by atoms with Crippen molar-refractivity contribution in [1.29, 1.82) is 0 Å². The molecule has 1 rings (SSSR count). The van der Waals surface area contributed by atoms with Crippen LogP contribution in [0.25, 0.3) is 0 Å². The smallest absolute Gasteiger partial charge is 0.141 e. The molecule has 0 heterocycles. The highest BCUT2D eigenvalue weighted by atomic mass is 32.2. The predicted octanol–water partition coefficient (Wildman–Crippen LogP) is 2.62. The molecular formula is C12H19NO2S. The van der Waals surface area contributed by atoms with Gasteiger partial charge in [-0.05, 0) is 32.2 Å². The molecule has 1 aromatic rings. The lowest BCUT2D eigenvalue weighted by molar-refractivity contribution is 0.364. The van der Waals surface area contributed by atoms with Crippen molar-refractivity contribution in [3.05, 3.63) is 17.7 Å². The molecule has 0 saturated heterocycles. The van der Waals surface area contributed by atoms with Crippen LogP contribution in [-0.4, -0.2) is 20.5 Å². The zero-order chi connectivity index (χ0) is 12.3. The van der Waals surface area contributed by atoms with Crippen molar-refractivity contribution in [2.45, 2.75) is 24.3 Å². The number of thioether (sulfide) groups is 1. The van der Waals surface area contributed by atoms with Crippen molar-refractivity contribution < 1.29 is 9.47 Å². The standard InChI is InChI=1S/C12H19NO2S/c1-12(2,13)8-6-7-9(14-3)11(16-5)10(8)15-4/h6-7H,13H2,1-5H3. The minimum atomic E-state index is -0.428. The summed E-state index contributed by atoms with van der Waals surface area (Å²) in [5.41, 5.74) is 6.68. The van der Waals surface area contributed by atoms with Gasteiger partial charge in [-0.3, -0.25) is 0 Å². The quantitative estimate of drug-likeness (QED) is 0.823. The molecule has 0 unspecified atom stereocenters. The molecule has 90 valence electrons. The Morgan fingerprint density at radius 3 is 2.19 bits per heavy atom. The average Bonchev–Trinajstić information content (AvgIpc) is 2.25. The normalized spacial score (nSPS) is 11.4. The van der Waals surface area contributed by atoms with E-state index in [9.17, 15) is 0 Å². The van der Waals surface area contributed by atoms with E-state index in [2.05, 4.69) is 0 Å². The van der Waals surface area contributed by atoms with E-state index in [0.717, 1.165) is 22.0 Å². The summed E-state index contributed by atoms with van der Waals surface area (Å²) in [5.74, 6) is 1.62. The second-order valence-electron chi connectivity index (χ2n) is 4.10. The highest BCUT2D eigenvalue weighted by molar-refractivity contribution is 7.98. The maximum absolute atomic E-state index is 6.12. The van der Waals surface area contributed by atoms with Gasteiger partial charge in [0.05, 0.1) is 19.1 Å². The zero-order valence-corrected chi connectivity index (χ0v) is 11.3. The maximum Gasteiger partial charge on any atom is 0.141 e. The highest BCUT2D eigenvalue weighted by Gasteiger charge is 2.23. The van der Waals surface area contributed by atoms with E-state index in [1.165, 1.54) is 0 Å². The van der Waals surface area contributed by atoms with E-state index in [0.29, 0.717) is 0 Å². The van der Waals surface area contributed by atoms with Crippen molar-refractivity contribution in [2.75, 3.05) is 20.5 Å². The molecule has 0 fully saturated rings. The van der Waals surface area contributed by atoms with E-state index in [4.69, 9.17) is 15.2 Å². The number of methoxy groups -OCH3 is 2. The first-order valence-corrected chi connectivity index (χ1v) is 6.26. The molecule has 4 heteroatoms. The molecular weight excluding hydrogens is 222 g/mol. The van der Waals surface area contributed by atoms with Gasteiger partial charge in [-0.1, -0.05) is 0 Å². The molecule has 0 atom stereocenters. The van der Waals surface area contributed by atoms with Gasteiger partial charge in [-0.2, -0.15) is 0 Å². The van der Waals surface area contributed by atoms with Crippen molar-refractivity contribution in [3.8, 4) is 11.5 Å². The number of benzene rings is 1. The molecule has 0 aliphatic rings. The minimum absolute atomic E-state index is 0.428. The van der Waals surface area contributed by atoms with Gasteiger partial charge in [0.25, 0.3) is 0 Å². The van der Waals surface area contributed by atoms with Crippen LogP contribution in [0.3, 0.4) is 0 Å². The Bertz CT molecular complexity index is 372. The number of hydrogen-bond acceptors (Lipinski definition) is 4. The van der Waals surface area contributed by atoms with Gasteiger partial charge in [0.15, 0.2) is 0 Å². The van der Waals surface area contributed by atoms with Gasteiger partial charge >= 0.3 is 0 Å². The largest absolute Gasteiger partial charge is 0.495 e.